The van der Waals surface area contributed by atoms with E-state index in [1.54, 1.807) is 12.1 Å². The summed E-state index contributed by atoms with van der Waals surface area (Å²) in [6, 6.07) is 6.25. The highest BCUT2D eigenvalue weighted by Crippen LogP contribution is 2.29. The van der Waals surface area contributed by atoms with E-state index in [1.165, 1.54) is 12.1 Å². The van der Waals surface area contributed by atoms with Gasteiger partial charge in [-0.3, -0.25) is 9.78 Å². The first-order valence-electron chi connectivity index (χ1n) is 4.75. The van der Waals surface area contributed by atoms with E-state index >= 15 is 0 Å². The fourth-order valence-electron chi connectivity index (χ4n) is 1.49. The zero-order chi connectivity index (χ0) is 13.3. The second-order valence-corrected chi connectivity index (χ2v) is 4.24. The fourth-order valence-corrected chi connectivity index (χ4v) is 1.99. The van der Waals surface area contributed by atoms with E-state index in [1.807, 2.05) is 4.98 Å². The Hall–Kier alpha value is -2.03. The molecule has 0 spiro atoms. The van der Waals surface area contributed by atoms with Crippen molar-refractivity contribution in [2.75, 3.05) is 0 Å². The van der Waals surface area contributed by atoms with Gasteiger partial charge in [-0.2, -0.15) is 5.26 Å². The van der Waals surface area contributed by atoms with Crippen molar-refractivity contribution in [1.29, 1.82) is 5.26 Å². The predicted molar refractivity (Wildman–Crippen MR) is 67.9 cm³/mol. The number of halogens is 2. The summed E-state index contributed by atoms with van der Waals surface area (Å²) < 4.78 is 0. The second kappa shape index (κ2) is 4.69. The zero-order valence-electron chi connectivity index (χ0n) is 8.75. The minimum atomic E-state index is -0.762. The fraction of sp³-hybridized carbons (Fsp3) is 0. The highest BCUT2D eigenvalue weighted by Gasteiger charge is 2.13. The SMILES string of the molecule is N#Cc1c(-c2ccc(Cl)cc2Cl)[nH]c(=O)[nH]c1=O. The Balaban J connectivity index is 2.83. The minimum Gasteiger partial charge on any atom is -0.306 e. The number of hydrogen-bond acceptors (Lipinski definition) is 3. The van der Waals surface area contributed by atoms with Crippen LogP contribution in [0.3, 0.4) is 0 Å². The van der Waals surface area contributed by atoms with E-state index in [-0.39, 0.29) is 16.3 Å². The Morgan fingerprint density at radius 3 is 2.50 bits per heavy atom. The maximum Gasteiger partial charge on any atom is 0.326 e. The van der Waals surface area contributed by atoms with Gasteiger partial charge in [0.1, 0.15) is 11.6 Å². The van der Waals surface area contributed by atoms with Gasteiger partial charge in [-0.15, -0.1) is 0 Å². The van der Waals surface area contributed by atoms with Crippen LogP contribution in [0.15, 0.2) is 27.8 Å². The normalized spacial score (nSPS) is 10.1. The van der Waals surface area contributed by atoms with Gasteiger partial charge in [-0.1, -0.05) is 23.2 Å². The van der Waals surface area contributed by atoms with Crippen LogP contribution in [-0.2, 0) is 0 Å². The van der Waals surface area contributed by atoms with E-state index in [0.717, 1.165) is 0 Å². The number of aromatic amines is 2. The molecule has 7 heteroatoms. The van der Waals surface area contributed by atoms with Crippen molar-refractivity contribution in [3.63, 3.8) is 0 Å². The van der Waals surface area contributed by atoms with Crippen LogP contribution in [0.25, 0.3) is 11.3 Å². The topological polar surface area (TPSA) is 89.5 Å². The maximum atomic E-state index is 11.5. The van der Waals surface area contributed by atoms with Crippen molar-refractivity contribution < 1.29 is 0 Å². The van der Waals surface area contributed by atoms with E-state index in [0.29, 0.717) is 10.6 Å². The molecule has 0 saturated heterocycles. The van der Waals surface area contributed by atoms with Crippen molar-refractivity contribution in [3.05, 3.63) is 54.6 Å². The van der Waals surface area contributed by atoms with E-state index in [2.05, 4.69) is 4.98 Å². The summed E-state index contributed by atoms with van der Waals surface area (Å²) in [5.41, 5.74) is -1.24. The molecule has 1 aromatic carbocycles. The molecule has 0 unspecified atom stereocenters. The number of aromatic nitrogens is 2. The van der Waals surface area contributed by atoms with Crippen LogP contribution in [0.2, 0.25) is 10.0 Å². The molecule has 2 aromatic rings. The molecule has 0 atom stereocenters. The van der Waals surface area contributed by atoms with Crippen molar-refractivity contribution in [2.45, 2.75) is 0 Å². The van der Waals surface area contributed by atoms with Crippen LogP contribution in [0.5, 0.6) is 0 Å². The standard InChI is InChI=1S/C11H5Cl2N3O2/c12-5-1-2-6(8(13)3-5)9-7(4-14)10(17)16-11(18)15-9/h1-3H,(H2,15,16,17,18). The number of H-pyrrole nitrogens is 2. The molecule has 90 valence electrons. The summed E-state index contributed by atoms with van der Waals surface area (Å²) in [5.74, 6) is 0. The lowest BCUT2D eigenvalue weighted by molar-refractivity contribution is 1.03. The highest BCUT2D eigenvalue weighted by molar-refractivity contribution is 6.36. The highest BCUT2D eigenvalue weighted by atomic mass is 35.5. The average Bonchev–Trinajstić information content (AvgIpc) is 2.28. The lowest BCUT2D eigenvalue weighted by atomic mass is 10.1. The molecule has 18 heavy (non-hydrogen) atoms. The molecule has 0 aliphatic carbocycles. The molecule has 5 nitrogen and oxygen atoms in total. The van der Waals surface area contributed by atoms with Gasteiger partial charge >= 0.3 is 5.69 Å². The largest absolute Gasteiger partial charge is 0.326 e. The predicted octanol–water partition coefficient (Wildman–Crippen LogP) is 1.91. The lowest BCUT2D eigenvalue weighted by Crippen LogP contribution is -2.25. The average molecular weight is 282 g/mol. The number of rotatable bonds is 1. The molecule has 0 bridgehead atoms. The molecule has 0 fully saturated rings. The molecule has 0 aliphatic rings. The molecule has 2 N–H and O–H groups in total. The van der Waals surface area contributed by atoms with Crippen molar-refractivity contribution >= 4 is 23.2 Å². The molecular weight excluding hydrogens is 277 g/mol. The zero-order valence-corrected chi connectivity index (χ0v) is 10.3. The van der Waals surface area contributed by atoms with Crippen LogP contribution in [0, 0.1) is 11.3 Å². The lowest BCUT2D eigenvalue weighted by Gasteiger charge is -2.05. The third-order valence-electron chi connectivity index (χ3n) is 2.25. The van der Waals surface area contributed by atoms with Crippen LogP contribution in [-0.4, -0.2) is 9.97 Å². The van der Waals surface area contributed by atoms with Gasteiger partial charge in [0.2, 0.25) is 0 Å². The summed E-state index contributed by atoms with van der Waals surface area (Å²) in [7, 11) is 0. The summed E-state index contributed by atoms with van der Waals surface area (Å²) >= 11 is 11.7. The Kier molecular flexibility index (Phi) is 3.24. The summed E-state index contributed by atoms with van der Waals surface area (Å²) in [4.78, 5) is 27.1. The van der Waals surface area contributed by atoms with E-state index in [4.69, 9.17) is 28.5 Å². The Morgan fingerprint density at radius 1 is 1.17 bits per heavy atom. The van der Waals surface area contributed by atoms with E-state index in [9.17, 15) is 9.59 Å². The Labute approximate surface area is 111 Å². The Morgan fingerprint density at radius 2 is 1.89 bits per heavy atom. The first-order valence-corrected chi connectivity index (χ1v) is 5.50. The summed E-state index contributed by atoms with van der Waals surface area (Å²) in [6.45, 7) is 0. The molecule has 1 aromatic heterocycles. The summed E-state index contributed by atoms with van der Waals surface area (Å²) in [5, 5.41) is 9.58. The third kappa shape index (κ3) is 2.16. The van der Waals surface area contributed by atoms with Crippen LogP contribution in [0.1, 0.15) is 5.56 Å². The monoisotopic (exact) mass is 281 g/mol. The first kappa shape index (κ1) is 12.4. The van der Waals surface area contributed by atoms with Crippen molar-refractivity contribution in [3.8, 4) is 17.3 Å². The molecule has 0 amide bonds. The molecule has 1 heterocycles. The second-order valence-electron chi connectivity index (χ2n) is 3.39. The van der Waals surface area contributed by atoms with Gasteiger partial charge in [-0.05, 0) is 18.2 Å². The Bertz CT molecular complexity index is 771. The summed E-state index contributed by atoms with van der Waals surface area (Å²) in [6.07, 6.45) is 0. The van der Waals surface area contributed by atoms with Gasteiger partial charge in [0, 0.05) is 10.6 Å². The maximum absolute atomic E-state index is 11.5. The van der Waals surface area contributed by atoms with Gasteiger partial charge in [0.25, 0.3) is 5.56 Å². The first-order chi connectivity index (χ1) is 8.52. The minimum absolute atomic E-state index is 0.0768. The molecule has 0 aliphatic heterocycles. The van der Waals surface area contributed by atoms with Gasteiger partial charge in [0.05, 0.1) is 10.7 Å². The molecular formula is C11H5Cl2N3O2. The van der Waals surface area contributed by atoms with Crippen LogP contribution >= 0.6 is 23.2 Å². The van der Waals surface area contributed by atoms with Crippen molar-refractivity contribution in [1.82, 2.24) is 9.97 Å². The van der Waals surface area contributed by atoms with Gasteiger partial charge in [0.15, 0.2) is 0 Å². The number of nitrogens with zero attached hydrogens (tertiary/aromatic N) is 1. The van der Waals surface area contributed by atoms with Gasteiger partial charge in [-0.25, -0.2) is 4.79 Å². The molecule has 2 rings (SSSR count). The molecule has 0 saturated carbocycles. The molecule has 0 radical (unpaired) electrons. The van der Waals surface area contributed by atoms with Crippen LogP contribution < -0.4 is 11.2 Å². The number of benzene rings is 1. The van der Waals surface area contributed by atoms with Gasteiger partial charge < -0.3 is 4.98 Å². The number of nitriles is 1. The quantitative estimate of drug-likeness (QED) is 0.837. The third-order valence-corrected chi connectivity index (χ3v) is 2.80. The smallest absolute Gasteiger partial charge is 0.306 e. The van der Waals surface area contributed by atoms with Crippen molar-refractivity contribution in [2.24, 2.45) is 0 Å². The number of nitrogens with one attached hydrogen (secondary N) is 2. The van der Waals surface area contributed by atoms with Crippen LogP contribution in [0.4, 0.5) is 0 Å². The number of hydrogen-bond donors (Lipinski definition) is 2. The van der Waals surface area contributed by atoms with E-state index < -0.39 is 11.2 Å².